The van der Waals surface area contributed by atoms with E-state index in [1.54, 1.807) is 18.3 Å². The molecule has 1 aliphatic carbocycles. The van der Waals surface area contributed by atoms with Gasteiger partial charge in [0, 0.05) is 18.7 Å². The molecule has 8 nitrogen and oxygen atoms in total. The molecule has 2 aromatic heterocycles. The van der Waals surface area contributed by atoms with E-state index in [0.29, 0.717) is 12.2 Å². The van der Waals surface area contributed by atoms with Gasteiger partial charge in [-0.25, -0.2) is 14.4 Å². The van der Waals surface area contributed by atoms with Crippen molar-refractivity contribution < 1.29 is 14.4 Å². The van der Waals surface area contributed by atoms with Gasteiger partial charge >= 0.3 is 11.4 Å². The normalized spacial score (nSPS) is 18.3. The Labute approximate surface area is 192 Å². The molecule has 1 amide bonds. The van der Waals surface area contributed by atoms with Crippen molar-refractivity contribution in [1.29, 1.82) is 0 Å². The summed E-state index contributed by atoms with van der Waals surface area (Å²) in [5.74, 6) is 1.38. The molecule has 1 saturated carbocycles. The summed E-state index contributed by atoms with van der Waals surface area (Å²) < 4.78 is 3.58. The molecule has 170 valence electrons. The molecule has 0 spiro atoms. The highest BCUT2D eigenvalue weighted by atomic mass is 16.2. The molecule has 3 aliphatic rings. The van der Waals surface area contributed by atoms with Gasteiger partial charge in [-0.1, -0.05) is 25.3 Å². The highest BCUT2D eigenvalue weighted by Crippen LogP contribution is 2.23. The zero-order valence-electron chi connectivity index (χ0n) is 18.7. The van der Waals surface area contributed by atoms with Gasteiger partial charge in [-0.3, -0.25) is 4.79 Å². The average Bonchev–Trinajstić information content (AvgIpc) is 3.25. The fourth-order valence-corrected chi connectivity index (χ4v) is 4.73. The predicted molar refractivity (Wildman–Crippen MR) is 127 cm³/mol. The minimum atomic E-state index is -0.334. The Morgan fingerprint density at radius 3 is 2.94 bits per heavy atom. The number of aromatic amines is 1. The van der Waals surface area contributed by atoms with E-state index in [0.717, 1.165) is 37.1 Å². The second-order valence-electron chi connectivity index (χ2n) is 9.00. The zero-order chi connectivity index (χ0) is 22.6. The topological polar surface area (TPSA) is 92.1 Å². The van der Waals surface area contributed by atoms with Crippen LogP contribution in [0.2, 0.25) is 0 Å². The number of amides is 1. The number of hydrogen-bond donors (Lipinski definition) is 2. The molecule has 0 saturated heterocycles. The van der Waals surface area contributed by atoms with Crippen molar-refractivity contribution in [2.24, 2.45) is 10.9 Å². The van der Waals surface area contributed by atoms with Crippen LogP contribution in [0.15, 0.2) is 63.8 Å². The second kappa shape index (κ2) is 9.62. The number of carbonyl (C=O) groups excluding carboxylic acids is 1. The van der Waals surface area contributed by atoms with Crippen molar-refractivity contribution in [3.05, 3.63) is 70.1 Å². The van der Waals surface area contributed by atoms with Crippen LogP contribution in [0.4, 0.5) is 0 Å². The Morgan fingerprint density at radius 1 is 1.18 bits per heavy atom. The minimum Gasteiger partial charge on any atom is -0.341 e. The molecule has 0 aromatic carbocycles. The average molecular weight is 447 g/mol. The molecule has 8 heteroatoms. The SMILES string of the molecule is O=C(NCC1=NC2=CC=C(CNCC3CCCCC3)C[N+]2=C1)c1cc(=O)n2ccccc2[nH+]1. The maximum absolute atomic E-state index is 12.6. The lowest BCUT2D eigenvalue weighted by Crippen LogP contribution is -2.36. The van der Waals surface area contributed by atoms with Crippen LogP contribution in [-0.2, 0) is 0 Å². The molecule has 3 N–H and O–H groups in total. The first-order valence-corrected chi connectivity index (χ1v) is 11.8. The van der Waals surface area contributed by atoms with E-state index in [2.05, 4.69) is 31.3 Å². The lowest BCUT2D eigenvalue weighted by atomic mass is 9.89. The number of nitrogens with zero attached hydrogens (tertiary/aromatic N) is 3. The van der Waals surface area contributed by atoms with Gasteiger partial charge < -0.3 is 10.6 Å². The molecule has 2 aromatic rings. The third-order valence-electron chi connectivity index (χ3n) is 6.51. The van der Waals surface area contributed by atoms with E-state index in [-0.39, 0.29) is 17.2 Å². The molecule has 5 rings (SSSR count). The van der Waals surface area contributed by atoms with Crippen LogP contribution in [0, 0.1) is 5.92 Å². The van der Waals surface area contributed by atoms with Crippen molar-refractivity contribution in [3.63, 3.8) is 0 Å². The Balaban J connectivity index is 1.14. The minimum absolute atomic E-state index is 0.231. The first-order valence-electron chi connectivity index (χ1n) is 11.8. The van der Waals surface area contributed by atoms with Gasteiger partial charge in [0.15, 0.2) is 5.69 Å². The Kier molecular flexibility index (Phi) is 6.26. The number of allylic oxidation sites excluding steroid dienone is 2. The van der Waals surface area contributed by atoms with Crippen LogP contribution in [0.3, 0.4) is 0 Å². The Bertz CT molecular complexity index is 1250. The number of carbonyl (C=O) groups is 1. The first kappa shape index (κ1) is 21.5. The molecular weight excluding hydrogens is 416 g/mol. The van der Waals surface area contributed by atoms with Crippen LogP contribution in [0.25, 0.3) is 5.65 Å². The second-order valence-corrected chi connectivity index (χ2v) is 9.00. The molecule has 1 fully saturated rings. The zero-order valence-corrected chi connectivity index (χ0v) is 18.7. The van der Waals surface area contributed by atoms with Gasteiger partial charge in [0.1, 0.15) is 12.8 Å². The largest absolute Gasteiger partial charge is 0.343 e. The lowest BCUT2D eigenvalue weighted by Gasteiger charge is -2.22. The highest BCUT2D eigenvalue weighted by Gasteiger charge is 2.27. The summed E-state index contributed by atoms with van der Waals surface area (Å²) >= 11 is 0. The standard InChI is InChI=1S/C25H28N6O2/c32-24-12-21(29-23-8-4-5-11-31(23)24)25(33)27-15-20-17-30-16-19(9-10-22(30)28-20)14-26-13-18-6-2-1-3-7-18/h4-5,8-12,17-18,26H,1-3,6-7,13-16H2/p+2. The third kappa shape index (κ3) is 5.01. The molecule has 33 heavy (non-hydrogen) atoms. The van der Waals surface area contributed by atoms with Crippen LogP contribution >= 0.6 is 0 Å². The Hall–Kier alpha value is -3.39. The van der Waals surface area contributed by atoms with Crippen LogP contribution in [0.5, 0.6) is 0 Å². The molecule has 0 atom stereocenters. The predicted octanol–water partition coefficient (Wildman–Crippen LogP) is 1.33. The van der Waals surface area contributed by atoms with E-state index in [9.17, 15) is 9.59 Å². The van der Waals surface area contributed by atoms with E-state index < -0.39 is 0 Å². The van der Waals surface area contributed by atoms with Gasteiger partial charge in [0.2, 0.25) is 5.71 Å². The number of aromatic nitrogens is 2. The summed E-state index contributed by atoms with van der Waals surface area (Å²) in [5.41, 5.74) is 2.67. The van der Waals surface area contributed by atoms with E-state index in [4.69, 9.17) is 0 Å². The number of rotatable bonds is 7. The van der Waals surface area contributed by atoms with Crippen molar-refractivity contribution >= 4 is 23.5 Å². The van der Waals surface area contributed by atoms with Gasteiger partial charge in [-0.15, -0.1) is 0 Å². The quantitative estimate of drug-likeness (QED) is 0.629. The van der Waals surface area contributed by atoms with Crippen molar-refractivity contribution in [1.82, 2.24) is 15.0 Å². The maximum atomic E-state index is 12.6. The van der Waals surface area contributed by atoms with Crippen LogP contribution in [0.1, 0.15) is 42.6 Å². The van der Waals surface area contributed by atoms with Crippen molar-refractivity contribution in [2.75, 3.05) is 26.2 Å². The third-order valence-corrected chi connectivity index (χ3v) is 6.51. The van der Waals surface area contributed by atoms with Crippen molar-refractivity contribution in [3.8, 4) is 0 Å². The number of fused-ring (bicyclic) bond motifs is 2. The van der Waals surface area contributed by atoms with Gasteiger partial charge in [-0.2, -0.15) is 4.40 Å². The summed E-state index contributed by atoms with van der Waals surface area (Å²) in [5, 5.41) is 6.49. The number of aliphatic imine (C=N–C) groups is 1. The molecule has 0 radical (unpaired) electrons. The lowest BCUT2D eigenvalue weighted by molar-refractivity contribution is -0.461. The fraction of sp³-hybridized carbons (Fsp3) is 0.400. The van der Waals surface area contributed by atoms with Crippen LogP contribution in [-0.4, -0.2) is 53.0 Å². The van der Waals surface area contributed by atoms with E-state index >= 15 is 0 Å². The Morgan fingerprint density at radius 2 is 2.06 bits per heavy atom. The molecule has 4 heterocycles. The molecule has 0 unspecified atom stereocenters. The highest BCUT2D eigenvalue weighted by molar-refractivity contribution is 6.31. The summed E-state index contributed by atoms with van der Waals surface area (Å²) in [6.07, 6.45) is 14.7. The monoisotopic (exact) mass is 446 g/mol. The van der Waals surface area contributed by atoms with Gasteiger partial charge in [-0.05, 0) is 48.0 Å². The number of nitrogens with one attached hydrogen (secondary N) is 3. The van der Waals surface area contributed by atoms with E-state index in [1.807, 2.05) is 18.4 Å². The molecule has 2 aliphatic heterocycles. The van der Waals surface area contributed by atoms with E-state index in [1.165, 1.54) is 48.1 Å². The number of pyridine rings is 1. The smallest absolute Gasteiger partial charge is 0.341 e. The summed E-state index contributed by atoms with van der Waals surface area (Å²) in [6, 6.07) is 6.65. The van der Waals surface area contributed by atoms with Gasteiger partial charge in [0.25, 0.3) is 11.6 Å². The number of hydrogen-bond acceptors (Lipinski definition) is 4. The maximum Gasteiger partial charge on any atom is 0.343 e. The summed E-state index contributed by atoms with van der Waals surface area (Å²) in [6.45, 7) is 3.09. The molecular formula is C25H30N6O2+2. The van der Waals surface area contributed by atoms with Crippen molar-refractivity contribution in [2.45, 2.75) is 32.1 Å². The fourth-order valence-electron chi connectivity index (χ4n) is 4.73. The summed E-state index contributed by atoms with van der Waals surface area (Å²) in [4.78, 5) is 32.5. The first-order chi connectivity index (χ1) is 16.2. The molecule has 0 bridgehead atoms. The van der Waals surface area contributed by atoms with Gasteiger partial charge in [0.05, 0.1) is 18.8 Å². The number of H-pyrrole nitrogens is 1. The summed E-state index contributed by atoms with van der Waals surface area (Å²) in [7, 11) is 0. The van der Waals surface area contributed by atoms with Crippen LogP contribution < -0.4 is 21.2 Å².